The molecule has 0 aromatic carbocycles. The van der Waals surface area contributed by atoms with Crippen molar-refractivity contribution in [1.29, 1.82) is 0 Å². The molecule has 0 fully saturated rings. The number of alkyl halides is 1. The molecule has 0 radical (unpaired) electrons. The summed E-state index contributed by atoms with van der Waals surface area (Å²) < 4.78 is 11.6. The third-order valence-electron chi connectivity index (χ3n) is 1.13. The van der Waals surface area contributed by atoms with Gasteiger partial charge in [-0.2, -0.15) is 0 Å². The fraction of sp³-hybridized carbons (Fsp3) is 0.714. The van der Waals surface area contributed by atoms with Crippen LogP contribution in [0.3, 0.4) is 0 Å². The average Bonchev–Trinajstić information content (AvgIpc) is 1.88. The van der Waals surface area contributed by atoms with Crippen molar-refractivity contribution in [2.24, 2.45) is 0 Å². The molecule has 0 aliphatic heterocycles. The Morgan fingerprint density at radius 3 is 2.56 bits per heavy atom. The van der Waals surface area contributed by atoms with Gasteiger partial charge in [0.2, 0.25) is 0 Å². The monoisotopic (exact) mass is 131 g/mol. The molecule has 0 unspecified atom stereocenters. The number of hydrogen-bond acceptors (Lipinski definition) is 1. The van der Waals surface area contributed by atoms with Crippen molar-refractivity contribution in [1.82, 2.24) is 5.32 Å². The van der Waals surface area contributed by atoms with Crippen LogP contribution in [0.15, 0.2) is 11.8 Å². The summed E-state index contributed by atoms with van der Waals surface area (Å²) in [6, 6.07) is 0. The predicted octanol–water partition coefficient (Wildman–Crippen LogP) is 2.21. The van der Waals surface area contributed by atoms with Crippen LogP contribution in [0.25, 0.3) is 0 Å². The Kier molecular flexibility index (Phi) is 5.27. The lowest BCUT2D eigenvalue weighted by molar-refractivity contribution is 0.450. The van der Waals surface area contributed by atoms with Crippen molar-refractivity contribution in [3.63, 3.8) is 0 Å². The zero-order chi connectivity index (χ0) is 7.11. The van der Waals surface area contributed by atoms with Crippen molar-refractivity contribution in [2.75, 3.05) is 6.80 Å². The summed E-state index contributed by atoms with van der Waals surface area (Å²) in [4.78, 5) is 0. The molecule has 0 heterocycles. The molecule has 54 valence electrons. The predicted molar refractivity (Wildman–Crippen MR) is 37.8 cm³/mol. The summed E-state index contributed by atoms with van der Waals surface area (Å²) in [5, 5.41) is 2.63. The molecule has 0 aliphatic rings. The van der Waals surface area contributed by atoms with Crippen LogP contribution in [0.4, 0.5) is 4.39 Å². The van der Waals surface area contributed by atoms with Gasteiger partial charge in [0.15, 0.2) is 6.80 Å². The summed E-state index contributed by atoms with van der Waals surface area (Å²) >= 11 is 0. The molecule has 0 atom stereocenters. The first-order valence-corrected chi connectivity index (χ1v) is 3.34. The van der Waals surface area contributed by atoms with Crippen molar-refractivity contribution in [2.45, 2.75) is 26.7 Å². The molecule has 1 N–H and O–H groups in total. The van der Waals surface area contributed by atoms with Gasteiger partial charge in [0, 0.05) is 5.70 Å². The zero-order valence-electron chi connectivity index (χ0n) is 6.08. The van der Waals surface area contributed by atoms with Crippen LogP contribution in [0.1, 0.15) is 26.7 Å². The first kappa shape index (κ1) is 8.47. The molecule has 1 nitrogen and oxygen atoms in total. The normalized spacial score (nSPS) is 11.7. The Balaban J connectivity index is 3.53. The highest BCUT2D eigenvalue weighted by atomic mass is 19.1. The van der Waals surface area contributed by atoms with E-state index in [0.29, 0.717) is 0 Å². The van der Waals surface area contributed by atoms with Crippen LogP contribution in [0.2, 0.25) is 0 Å². The van der Waals surface area contributed by atoms with E-state index in [4.69, 9.17) is 0 Å². The Labute approximate surface area is 56.0 Å². The summed E-state index contributed by atoms with van der Waals surface area (Å²) in [6.07, 6.45) is 3.85. The maximum absolute atomic E-state index is 11.6. The van der Waals surface area contributed by atoms with E-state index in [-0.39, 0.29) is 0 Å². The van der Waals surface area contributed by atoms with Gasteiger partial charge in [0.1, 0.15) is 0 Å². The van der Waals surface area contributed by atoms with Gasteiger partial charge >= 0.3 is 0 Å². The van der Waals surface area contributed by atoms with Gasteiger partial charge in [-0.25, -0.2) is 4.39 Å². The van der Waals surface area contributed by atoms with E-state index in [1.807, 2.05) is 19.9 Å². The topological polar surface area (TPSA) is 12.0 Å². The van der Waals surface area contributed by atoms with E-state index in [0.717, 1.165) is 18.5 Å². The molecule has 0 aromatic rings. The first-order chi connectivity index (χ1) is 4.35. The van der Waals surface area contributed by atoms with E-state index in [1.54, 1.807) is 0 Å². The molecular weight excluding hydrogens is 117 g/mol. The lowest BCUT2D eigenvalue weighted by Gasteiger charge is -2.02. The van der Waals surface area contributed by atoms with Gasteiger partial charge in [-0.1, -0.05) is 19.9 Å². The summed E-state index contributed by atoms with van der Waals surface area (Å²) in [6.45, 7) is 3.58. The van der Waals surface area contributed by atoms with Crippen LogP contribution in [0.5, 0.6) is 0 Å². The van der Waals surface area contributed by atoms with Gasteiger partial charge in [0.05, 0.1) is 0 Å². The second-order valence-corrected chi connectivity index (χ2v) is 1.80. The standard InChI is InChI=1S/C7H14FN/c1-3-5-7(4-2)9-6-8/h5,9H,3-4,6H2,1-2H3/b7-5+. The van der Waals surface area contributed by atoms with E-state index in [2.05, 4.69) is 5.32 Å². The Bertz CT molecular complexity index is 88.9. The minimum atomic E-state index is -0.459. The SMILES string of the molecule is CC/C=C(\CC)NCF. The van der Waals surface area contributed by atoms with Crippen LogP contribution >= 0.6 is 0 Å². The number of allylic oxidation sites excluding steroid dienone is 2. The summed E-state index contributed by atoms with van der Waals surface area (Å²) in [5.74, 6) is 0. The highest BCUT2D eigenvalue weighted by molar-refractivity contribution is 4.96. The second kappa shape index (κ2) is 5.60. The van der Waals surface area contributed by atoms with Gasteiger partial charge in [-0.3, -0.25) is 0 Å². The fourth-order valence-corrected chi connectivity index (χ4v) is 0.674. The Morgan fingerprint density at radius 1 is 1.56 bits per heavy atom. The Hall–Kier alpha value is -0.530. The third-order valence-corrected chi connectivity index (χ3v) is 1.13. The van der Waals surface area contributed by atoms with Crippen molar-refractivity contribution in [3.8, 4) is 0 Å². The number of rotatable bonds is 4. The van der Waals surface area contributed by atoms with Gasteiger partial charge in [-0.05, 0) is 12.8 Å². The lowest BCUT2D eigenvalue weighted by Crippen LogP contribution is -2.09. The smallest absolute Gasteiger partial charge is 0.159 e. The quantitative estimate of drug-likeness (QED) is 0.577. The van der Waals surface area contributed by atoms with Crippen LogP contribution in [-0.2, 0) is 0 Å². The molecule has 0 aliphatic carbocycles. The van der Waals surface area contributed by atoms with Crippen molar-refractivity contribution >= 4 is 0 Å². The van der Waals surface area contributed by atoms with Crippen LogP contribution in [-0.4, -0.2) is 6.80 Å². The molecule has 0 saturated carbocycles. The summed E-state index contributed by atoms with van der Waals surface area (Å²) in [7, 11) is 0. The number of nitrogens with one attached hydrogen (secondary N) is 1. The first-order valence-electron chi connectivity index (χ1n) is 3.34. The molecule has 0 saturated heterocycles. The van der Waals surface area contributed by atoms with E-state index in [1.165, 1.54) is 0 Å². The highest BCUT2D eigenvalue weighted by Crippen LogP contribution is 1.96. The maximum Gasteiger partial charge on any atom is 0.159 e. The minimum Gasteiger partial charge on any atom is -0.362 e. The highest BCUT2D eigenvalue weighted by Gasteiger charge is 1.87. The van der Waals surface area contributed by atoms with E-state index >= 15 is 0 Å². The van der Waals surface area contributed by atoms with E-state index < -0.39 is 6.80 Å². The lowest BCUT2D eigenvalue weighted by atomic mass is 10.3. The van der Waals surface area contributed by atoms with Crippen LogP contribution < -0.4 is 5.32 Å². The molecule has 2 heteroatoms. The molecule has 0 spiro atoms. The molecule has 0 aromatic heterocycles. The Morgan fingerprint density at radius 2 is 2.22 bits per heavy atom. The van der Waals surface area contributed by atoms with Crippen molar-refractivity contribution in [3.05, 3.63) is 11.8 Å². The average molecular weight is 131 g/mol. The van der Waals surface area contributed by atoms with Gasteiger partial charge in [0.25, 0.3) is 0 Å². The zero-order valence-corrected chi connectivity index (χ0v) is 6.08. The third kappa shape index (κ3) is 4.01. The van der Waals surface area contributed by atoms with Crippen molar-refractivity contribution < 1.29 is 4.39 Å². The number of hydrogen-bond donors (Lipinski definition) is 1. The molecule has 0 rings (SSSR count). The van der Waals surface area contributed by atoms with E-state index in [9.17, 15) is 4.39 Å². The van der Waals surface area contributed by atoms with Crippen LogP contribution in [0, 0.1) is 0 Å². The summed E-state index contributed by atoms with van der Waals surface area (Å²) in [5.41, 5.74) is 1.00. The fourth-order valence-electron chi connectivity index (χ4n) is 0.674. The largest absolute Gasteiger partial charge is 0.362 e. The molecule has 0 amide bonds. The molecule has 9 heavy (non-hydrogen) atoms. The minimum absolute atomic E-state index is 0.459. The number of halogens is 1. The molecular formula is C7H14FN. The molecule has 0 bridgehead atoms. The maximum atomic E-state index is 11.6. The second-order valence-electron chi connectivity index (χ2n) is 1.80. The van der Waals surface area contributed by atoms with Gasteiger partial charge in [-0.15, -0.1) is 0 Å². The van der Waals surface area contributed by atoms with Gasteiger partial charge < -0.3 is 5.32 Å².